The summed E-state index contributed by atoms with van der Waals surface area (Å²) in [5, 5.41) is 14.9. The van der Waals surface area contributed by atoms with Crippen LogP contribution in [0.3, 0.4) is 0 Å². The van der Waals surface area contributed by atoms with E-state index in [-0.39, 0.29) is 24.6 Å². The molecular formula is C13H18N2O2. The topological polar surface area (TPSA) is 61.4 Å². The molecule has 0 aliphatic carbocycles. The van der Waals surface area contributed by atoms with Crippen molar-refractivity contribution in [2.45, 2.75) is 32.0 Å². The van der Waals surface area contributed by atoms with Crippen molar-refractivity contribution in [2.24, 2.45) is 0 Å². The molecule has 0 fully saturated rings. The van der Waals surface area contributed by atoms with Crippen LogP contribution < -0.4 is 10.6 Å². The van der Waals surface area contributed by atoms with E-state index in [9.17, 15) is 4.79 Å². The third kappa shape index (κ3) is 2.84. The predicted octanol–water partition coefficient (Wildman–Crippen LogP) is 0.198. The number of hydrogen-bond donors (Lipinski definition) is 3. The quantitative estimate of drug-likeness (QED) is 0.700. The van der Waals surface area contributed by atoms with E-state index >= 15 is 0 Å². The fourth-order valence-corrected chi connectivity index (χ4v) is 2.03. The fourth-order valence-electron chi connectivity index (χ4n) is 2.03. The standard InChI is InChI=1S/C13H18N2O2/c1-9(8-16)15-13(17)12-6-10-4-2-3-5-11(10)7-14-12/h2-5,9,12,14,16H,6-8H2,1H3,(H,15,17)/t9-,12-/m0/s1. The summed E-state index contributed by atoms with van der Waals surface area (Å²) in [6.07, 6.45) is 0.708. The molecule has 0 saturated heterocycles. The van der Waals surface area contributed by atoms with E-state index < -0.39 is 0 Å². The van der Waals surface area contributed by atoms with E-state index in [2.05, 4.69) is 22.8 Å². The van der Waals surface area contributed by atoms with Crippen LogP contribution >= 0.6 is 0 Å². The highest BCUT2D eigenvalue weighted by Gasteiger charge is 2.24. The van der Waals surface area contributed by atoms with Crippen LogP contribution in [0, 0.1) is 0 Å². The molecule has 0 spiro atoms. The van der Waals surface area contributed by atoms with Gasteiger partial charge in [0.15, 0.2) is 0 Å². The van der Waals surface area contributed by atoms with Crippen LogP contribution in [0.15, 0.2) is 24.3 Å². The second-order valence-corrected chi connectivity index (χ2v) is 4.50. The van der Waals surface area contributed by atoms with Gasteiger partial charge < -0.3 is 15.7 Å². The van der Waals surface area contributed by atoms with Crippen LogP contribution in [-0.4, -0.2) is 29.7 Å². The van der Waals surface area contributed by atoms with Crippen molar-refractivity contribution in [3.8, 4) is 0 Å². The molecule has 0 saturated carbocycles. The lowest BCUT2D eigenvalue weighted by Crippen LogP contribution is -2.50. The van der Waals surface area contributed by atoms with Crippen molar-refractivity contribution in [3.05, 3.63) is 35.4 Å². The molecule has 92 valence electrons. The molecule has 1 aliphatic heterocycles. The van der Waals surface area contributed by atoms with Gasteiger partial charge >= 0.3 is 0 Å². The zero-order valence-electron chi connectivity index (χ0n) is 9.94. The summed E-state index contributed by atoms with van der Waals surface area (Å²) in [5.41, 5.74) is 2.48. The normalized spacial score (nSPS) is 20.5. The Kier molecular flexibility index (Phi) is 3.76. The summed E-state index contributed by atoms with van der Waals surface area (Å²) in [4.78, 5) is 11.9. The number of aliphatic hydroxyl groups excluding tert-OH is 1. The average Bonchev–Trinajstić information content (AvgIpc) is 2.38. The molecule has 0 aromatic heterocycles. The number of fused-ring (bicyclic) bond motifs is 1. The van der Waals surface area contributed by atoms with Crippen LogP contribution in [0.4, 0.5) is 0 Å². The summed E-state index contributed by atoms with van der Waals surface area (Å²) in [6, 6.07) is 7.75. The Hall–Kier alpha value is -1.39. The Morgan fingerprint density at radius 2 is 2.24 bits per heavy atom. The maximum atomic E-state index is 11.9. The average molecular weight is 234 g/mol. The summed E-state index contributed by atoms with van der Waals surface area (Å²) in [7, 11) is 0. The van der Waals surface area contributed by atoms with E-state index in [1.54, 1.807) is 6.92 Å². The third-order valence-corrected chi connectivity index (χ3v) is 3.06. The van der Waals surface area contributed by atoms with Gasteiger partial charge in [-0.05, 0) is 24.5 Å². The first-order chi connectivity index (χ1) is 8.20. The van der Waals surface area contributed by atoms with Gasteiger partial charge in [-0.2, -0.15) is 0 Å². The van der Waals surface area contributed by atoms with Crippen molar-refractivity contribution in [1.29, 1.82) is 0 Å². The number of aliphatic hydroxyl groups is 1. The van der Waals surface area contributed by atoms with E-state index in [0.717, 1.165) is 6.54 Å². The summed E-state index contributed by atoms with van der Waals surface area (Å²) < 4.78 is 0. The molecular weight excluding hydrogens is 216 g/mol. The monoisotopic (exact) mass is 234 g/mol. The Morgan fingerprint density at radius 3 is 2.94 bits per heavy atom. The fraction of sp³-hybridized carbons (Fsp3) is 0.462. The van der Waals surface area contributed by atoms with Crippen molar-refractivity contribution in [1.82, 2.24) is 10.6 Å². The van der Waals surface area contributed by atoms with Crippen LogP contribution in [0.25, 0.3) is 0 Å². The van der Waals surface area contributed by atoms with Gasteiger partial charge in [0.05, 0.1) is 12.6 Å². The molecule has 0 radical (unpaired) electrons. The summed E-state index contributed by atoms with van der Waals surface area (Å²) in [6.45, 7) is 2.48. The molecule has 0 bridgehead atoms. The molecule has 3 N–H and O–H groups in total. The minimum absolute atomic E-state index is 0.0327. The number of benzene rings is 1. The van der Waals surface area contributed by atoms with E-state index in [0.29, 0.717) is 6.42 Å². The Morgan fingerprint density at radius 1 is 1.53 bits per heavy atom. The Balaban J connectivity index is 2.00. The van der Waals surface area contributed by atoms with E-state index in [1.807, 2.05) is 12.1 Å². The molecule has 0 unspecified atom stereocenters. The van der Waals surface area contributed by atoms with Gasteiger partial charge in [0.1, 0.15) is 0 Å². The predicted molar refractivity (Wildman–Crippen MR) is 65.5 cm³/mol. The van der Waals surface area contributed by atoms with E-state index in [1.165, 1.54) is 11.1 Å². The zero-order valence-corrected chi connectivity index (χ0v) is 9.94. The first-order valence-electron chi connectivity index (χ1n) is 5.92. The molecule has 1 aliphatic rings. The molecule has 1 aromatic rings. The van der Waals surface area contributed by atoms with Gasteiger partial charge in [0.25, 0.3) is 0 Å². The maximum absolute atomic E-state index is 11.9. The minimum atomic E-state index is -0.195. The zero-order chi connectivity index (χ0) is 12.3. The largest absolute Gasteiger partial charge is 0.394 e. The van der Waals surface area contributed by atoms with Crippen molar-refractivity contribution in [3.63, 3.8) is 0 Å². The van der Waals surface area contributed by atoms with Crippen LogP contribution in [0.1, 0.15) is 18.1 Å². The lowest BCUT2D eigenvalue weighted by atomic mass is 9.95. The molecule has 2 atom stereocenters. The second kappa shape index (κ2) is 5.29. The van der Waals surface area contributed by atoms with Crippen LogP contribution in [0.5, 0.6) is 0 Å². The SMILES string of the molecule is C[C@@H](CO)NC(=O)[C@@H]1Cc2ccccc2CN1. The third-order valence-electron chi connectivity index (χ3n) is 3.06. The number of hydrogen-bond acceptors (Lipinski definition) is 3. The first-order valence-corrected chi connectivity index (χ1v) is 5.92. The number of nitrogens with one attached hydrogen (secondary N) is 2. The highest BCUT2D eigenvalue weighted by Crippen LogP contribution is 2.16. The molecule has 17 heavy (non-hydrogen) atoms. The summed E-state index contributed by atoms with van der Waals surface area (Å²) >= 11 is 0. The highest BCUT2D eigenvalue weighted by molar-refractivity contribution is 5.82. The van der Waals surface area contributed by atoms with Gasteiger partial charge in [-0.1, -0.05) is 24.3 Å². The smallest absolute Gasteiger partial charge is 0.237 e. The van der Waals surface area contributed by atoms with Gasteiger partial charge in [0, 0.05) is 12.6 Å². The van der Waals surface area contributed by atoms with E-state index in [4.69, 9.17) is 5.11 Å². The van der Waals surface area contributed by atoms with Crippen LogP contribution in [0.2, 0.25) is 0 Å². The lowest BCUT2D eigenvalue weighted by molar-refractivity contribution is -0.124. The summed E-state index contributed by atoms with van der Waals surface area (Å²) in [5.74, 6) is -0.0407. The highest BCUT2D eigenvalue weighted by atomic mass is 16.3. The number of amides is 1. The molecule has 1 amide bonds. The minimum Gasteiger partial charge on any atom is -0.394 e. The molecule has 2 rings (SSSR count). The lowest BCUT2D eigenvalue weighted by Gasteiger charge is -2.26. The molecule has 1 heterocycles. The van der Waals surface area contributed by atoms with Crippen molar-refractivity contribution in [2.75, 3.05) is 6.61 Å². The molecule has 4 heteroatoms. The maximum Gasteiger partial charge on any atom is 0.237 e. The number of rotatable bonds is 3. The van der Waals surface area contributed by atoms with Gasteiger partial charge in [-0.3, -0.25) is 4.79 Å². The first kappa shape index (κ1) is 12.1. The molecule has 4 nitrogen and oxygen atoms in total. The van der Waals surface area contributed by atoms with Gasteiger partial charge in [-0.15, -0.1) is 0 Å². The number of carbonyl (C=O) groups is 1. The van der Waals surface area contributed by atoms with Crippen molar-refractivity contribution >= 4 is 5.91 Å². The number of carbonyl (C=O) groups excluding carboxylic acids is 1. The van der Waals surface area contributed by atoms with Crippen LogP contribution in [-0.2, 0) is 17.8 Å². The second-order valence-electron chi connectivity index (χ2n) is 4.50. The van der Waals surface area contributed by atoms with Gasteiger partial charge in [0.2, 0.25) is 5.91 Å². The Bertz CT molecular complexity index is 406. The van der Waals surface area contributed by atoms with Crippen molar-refractivity contribution < 1.29 is 9.90 Å². The molecule has 1 aromatic carbocycles. The Labute approximate surface area is 101 Å². The van der Waals surface area contributed by atoms with Gasteiger partial charge in [-0.25, -0.2) is 0 Å².